The van der Waals surface area contributed by atoms with Crippen LogP contribution in [0.3, 0.4) is 0 Å². The molecule has 3 nitrogen and oxygen atoms in total. The summed E-state index contributed by atoms with van der Waals surface area (Å²) >= 11 is 3.15. The van der Waals surface area contributed by atoms with Crippen LogP contribution in [0.4, 0.5) is 4.39 Å². The summed E-state index contributed by atoms with van der Waals surface area (Å²) < 4.78 is 23.3. The van der Waals surface area contributed by atoms with E-state index in [4.69, 9.17) is 9.47 Å². The van der Waals surface area contributed by atoms with Gasteiger partial charge < -0.3 is 9.47 Å². The molecule has 5 heteroatoms. The highest BCUT2D eigenvalue weighted by molar-refractivity contribution is 9.09. The first kappa shape index (κ1) is 13.7. The number of carbonyl (C=O) groups is 1. The summed E-state index contributed by atoms with van der Waals surface area (Å²) in [5.41, 5.74) is 0. The molecule has 0 fully saturated rings. The van der Waals surface area contributed by atoms with Crippen LogP contribution in [0, 0.1) is 5.82 Å². The SMILES string of the molecule is CCOC(=O)C=C(CBr)Oc1ccccc1F. The maximum atomic E-state index is 13.3. The van der Waals surface area contributed by atoms with Crippen molar-refractivity contribution in [1.82, 2.24) is 0 Å². The van der Waals surface area contributed by atoms with Crippen LogP contribution < -0.4 is 4.74 Å². The number of halogens is 2. The number of esters is 1. The first-order chi connectivity index (χ1) is 8.17. The van der Waals surface area contributed by atoms with Gasteiger partial charge in [-0.25, -0.2) is 9.18 Å². The second-order valence-corrected chi connectivity index (χ2v) is 3.59. The van der Waals surface area contributed by atoms with E-state index in [1.54, 1.807) is 19.1 Å². The first-order valence-corrected chi connectivity index (χ1v) is 6.15. The van der Waals surface area contributed by atoms with E-state index in [9.17, 15) is 9.18 Å². The van der Waals surface area contributed by atoms with Gasteiger partial charge in [-0.2, -0.15) is 0 Å². The molecule has 1 aromatic carbocycles. The molecule has 0 spiro atoms. The van der Waals surface area contributed by atoms with E-state index in [-0.39, 0.29) is 18.1 Å². The van der Waals surface area contributed by atoms with Crippen molar-refractivity contribution in [3.8, 4) is 5.75 Å². The number of rotatable bonds is 5. The zero-order valence-corrected chi connectivity index (χ0v) is 10.9. The molecule has 0 heterocycles. The summed E-state index contributed by atoms with van der Waals surface area (Å²) in [5.74, 6) is -0.641. The molecule has 0 saturated carbocycles. The van der Waals surface area contributed by atoms with E-state index in [1.807, 2.05) is 0 Å². The van der Waals surface area contributed by atoms with Gasteiger partial charge in [-0.05, 0) is 19.1 Å². The minimum atomic E-state index is -0.515. The Morgan fingerprint density at radius 3 is 2.76 bits per heavy atom. The molecule has 0 bridgehead atoms. The van der Waals surface area contributed by atoms with Gasteiger partial charge in [0.25, 0.3) is 0 Å². The molecule has 17 heavy (non-hydrogen) atoms. The molecule has 1 aromatic rings. The Kier molecular flexibility index (Phi) is 5.69. The average molecular weight is 303 g/mol. The Labute approximate surface area is 107 Å². The molecule has 0 amide bonds. The van der Waals surface area contributed by atoms with Crippen molar-refractivity contribution in [2.24, 2.45) is 0 Å². The second-order valence-electron chi connectivity index (χ2n) is 3.03. The van der Waals surface area contributed by atoms with Crippen LogP contribution in [0.25, 0.3) is 0 Å². The third-order valence-corrected chi connectivity index (χ3v) is 2.33. The fourth-order valence-corrected chi connectivity index (χ4v) is 1.36. The average Bonchev–Trinajstić information content (AvgIpc) is 2.31. The van der Waals surface area contributed by atoms with Crippen LogP contribution >= 0.6 is 15.9 Å². The quantitative estimate of drug-likeness (QED) is 0.363. The number of allylic oxidation sites excluding steroid dienone is 1. The number of hydrogen-bond acceptors (Lipinski definition) is 3. The maximum Gasteiger partial charge on any atom is 0.334 e. The third kappa shape index (κ3) is 4.56. The minimum absolute atomic E-state index is 0.0718. The van der Waals surface area contributed by atoms with Crippen LogP contribution in [-0.2, 0) is 9.53 Å². The molecular formula is C12H12BrFO3. The molecule has 92 valence electrons. The predicted octanol–water partition coefficient (Wildman–Crippen LogP) is 3.05. The normalized spacial score (nSPS) is 11.1. The van der Waals surface area contributed by atoms with Crippen molar-refractivity contribution in [3.05, 3.63) is 41.9 Å². The Balaban J connectivity index is 2.77. The lowest BCUT2D eigenvalue weighted by Gasteiger charge is -2.08. The monoisotopic (exact) mass is 302 g/mol. The van der Waals surface area contributed by atoms with Crippen LogP contribution in [0.5, 0.6) is 5.75 Å². The van der Waals surface area contributed by atoms with Gasteiger partial charge in [-0.3, -0.25) is 0 Å². The molecule has 0 aromatic heterocycles. The van der Waals surface area contributed by atoms with E-state index < -0.39 is 11.8 Å². The smallest absolute Gasteiger partial charge is 0.334 e. The molecule has 1 rings (SSSR count). The lowest BCUT2D eigenvalue weighted by molar-refractivity contribution is -0.137. The van der Waals surface area contributed by atoms with Crippen LogP contribution in [0.1, 0.15) is 6.92 Å². The van der Waals surface area contributed by atoms with Crippen LogP contribution in [0.2, 0.25) is 0 Å². The van der Waals surface area contributed by atoms with E-state index in [0.29, 0.717) is 5.33 Å². The summed E-state index contributed by atoms with van der Waals surface area (Å²) in [6, 6.07) is 5.97. The molecule has 0 saturated heterocycles. The summed E-state index contributed by atoms with van der Waals surface area (Å²) in [4.78, 5) is 11.2. The first-order valence-electron chi connectivity index (χ1n) is 5.03. The Morgan fingerprint density at radius 2 is 2.18 bits per heavy atom. The Morgan fingerprint density at radius 1 is 1.47 bits per heavy atom. The summed E-state index contributed by atoms with van der Waals surface area (Å²) in [5, 5.41) is 0.292. The molecule has 0 N–H and O–H groups in total. The molecule has 0 aliphatic rings. The van der Waals surface area contributed by atoms with Gasteiger partial charge in [0.15, 0.2) is 11.6 Å². The van der Waals surface area contributed by atoms with Crippen LogP contribution in [0.15, 0.2) is 36.1 Å². The number of hydrogen-bond donors (Lipinski definition) is 0. The highest BCUT2D eigenvalue weighted by atomic mass is 79.9. The van der Waals surface area contributed by atoms with E-state index in [1.165, 1.54) is 18.2 Å². The summed E-state index contributed by atoms with van der Waals surface area (Å²) in [6.07, 6.45) is 1.19. The Bertz CT molecular complexity index is 418. The maximum absolute atomic E-state index is 13.3. The van der Waals surface area contributed by atoms with Gasteiger partial charge in [0.2, 0.25) is 0 Å². The number of ether oxygens (including phenoxy) is 2. The van der Waals surface area contributed by atoms with Gasteiger partial charge >= 0.3 is 5.97 Å². The van der Waals surface area contributed by atoms with Gasteiger partial charge in [0.1, 0.15) is 5.76 Å². The number of carbonyl (C=O) groups excluding carboxylic acids is 1. The number of para-hydroxylation sites is 1. The van der Waals surface area contributed by atoms with Crippen molar-refractivity contribution in [2.75, 3.05) is 11.9 Å². The summed E-state index contributed by atoms with van der Waals surface area (Å²) in [6.45, 7) is 1.99. The zero-order valence-electron chi connectivity index (χ0n) is 9.28. The van der Waals surface area contributed by atoms with E-state index in [0.717, 1.165) is 0 Å². The molecule has 0 aliphatic carbocycles. The molecule has 0 aliphatic heterocycles. The highest BCUT2D eigenvalue weighted by Crippen LogP contribution is 2.19. The number of alkyl halides is 1. The third-order valence-electron chi connectivity index (χ3n) is 1.77. The standard InChI is InChI=1S/C12H12BrFO3/c1-2-16-12(15)7-9(8-13)17-11-6-4-3-5-10(11)14/h3-7H,2,8H2,1H3. The van der Waals surface area contributed by atoms with Gasteiger partial charge in [0, 0.05) is 0 Å². The van der Waals surface area contributed by atoms with Gasteiger partial charge in [0.05, 0.1) is 18.0 Å². The van der Waals surface area contributed by atoms with Crippen molar-refractivity contribution >= 4 is 21.9 Å². The predicted molar refractivity (Wildman–Crippen MR) is 65.5 cm³/mol. The topological polar surface area (TPSA) is 35.5 Å². The molecule has 0 atom stereocenters. The fraction of sp³-hybridized carbons (Fsp3) is 0.250. The summed E-state index contributed by atoms with van der Waals surface area (Å²) in [7, 11) is 0. The molecule has 0 unspecified atom stereocenters. The minimum Gasteiger partial charge on any atom is -0.463 e. The fourth-order valence-electron chi connectivity index (χ4n) is 1.08. The van der Waals surface area contributed by atoms with Gasteiger partial charge in [-0.15, -0.1) is 0 Å². The van der Waals surface area contributed by atoms with E-state index >= 15 is 0 Å². The van der Waals surface area contributed by atoms with Crippen LogP contribution in [-0.4, -0.2) is 17.9 Å². The molecular weight excluding hydrogens is 291 g/mol. The number of benzene rings is 1. The lowest BCUT2D eigenvalue weighted by atomic mass is 10.3. The largest absolute Gasteiger partial charge is 0.463 e. The van der Waals surface area contributed by atoms with Gasteiger partial charge in [-0.1, -0.05) is 28.1 Å². The highest BCUT2D eigenvalue weighted by Gasteiger charge is 2.07. The molecule has 0 radical (unpaired) electrons. The van der Waals surface area contributed by atoms with Crippen molar-refractivity contribution in [2.45, 2.75) is 6.92 Å². The van der Waals surface area contributed by atoms with Crippen molar-refractivity contribution < 1.29 is 18.7 Å². The Hall–Kier alpha value is -1.36. The van der Waals surface area contributed by atoms with E-state index in [2.05, 4.69) is 15.9 Å². The van der Waals surface area contributed by atoms with Crippen molar-refractivity contribution in [3.63, 3.8) is 0 Å². The zero-order chi connectivity index (χ0) is 12.7. The second kappa shape index (κ2) is 7.06. The van der Waals surface area contributed by atoms with Crippen molar-refractivity contribution in [1.29, 1.82) is 0 Å². The lowest BCUT2D eigenvalue weighted by Crippen LogP contribution is -2.06.